The fraction of sp³-hybridized carbons (Fsp3) is 0.500. The molecule has 0 bridgehead atoms. The fourth-order valence-electron chi connectivity index (χ4n) is 1.82. The van der Waals surface area contributed by atoms with Crippen molar-refractivity contribution >= 4 is 5.97 Å². The van der Waals surface area contributed by atoms with Crippen LogP contribution in [0.1, 0.15) is 32.4 Å². The van der Waals surface area contributed by atoms with Crippen molar-refractivity contribution in [2.24, 2.45) is 0 Å². The molecule has 1 unspecified atom stereocenters. The second-order valence-electron chi connectivity index (χ2n) is 4.10. The van der Waals surface area contributed by atoms with Gasteiger partial charge in [-0.15, -0.1) is 0 Å². The Kier molecular flexibility index (Phi) is 5.65. The molecular formula is C14H21NO3. The third kappa shape index (κ3) is 3.74. The highest BCUT2D eigenvalue weighted by molar-refractivity contribution is 5.75. The lowest BCUT2D eigenvalue weighted by molar-refractivity contribution is -0.145. The number of benzene rings is 1. The average Bonchev–Trinajstić information content (AvgIpc) is 2.38. The number of nitrogens with one attached hydrogen (secondary N) is 1. The number of hydrogen-bond donors (Lipinski definition) is 1. The maximum absolute atomic E-state index is 11.5. The summed E-state index contributed by atoms with van der Waals surface area (Å²) in [7, 11) is 1.64. The monoisotopic (exact) mass is 251 g/mol. The Hall–Kier alpha value is -1.55. The predicted molar refractivity (Wildman–Crippen MR) is 70.6 cm³/mol. The summed E-state index contributed by atoms with van der Waals surface area (Å²) < 4.78 is 10.3. The molecule has 1 aromatic carbocycles. The van der Waals surface area contributed by atoms with Gasteiger partial charge in [-0.05, 0) is 26.8 Å². The molecule has 0 spiro atoms. The van der Waals surface area contributed by atoms with Crippen LogP contribution in [0.2, 0.25) is 0 Å². The maximum Gasteiger partial charge on any atom is 0.322 e. The summed E-state index contributed by atoms with van der Waals surface area (Å²) in [4.78, 5) is 11.5. The summed E-state index contributed by atoms with van der Waals surface area (Å²) in [6, 6.07) is 7.43. The van der Waals surface area contributed by atoms with Crippen molar-refractivity contribution < 1.29 is 14.3 Å². The number of methoxy groups -OCH3 is 1. The van der Waals surface area contributed by atoms with Gasteiger partial charge in [-0.25, -0.2) is 0 Å². The van der Waals surface area contributed by atoms with E-state index in [-0.39, 0.29) is 18.1 Å². The molecule has 0 saturated heterocycles. The molecule has 0 aliphatic carbocycles. The Morgan fingerprint density at radius 1 is 1.33 bits per heavy atom. The van der Waals surface area contributed by atoms with Gasteiger partial charge in [-0.2, -0.15) is 0 Å². The quantitative estimate of drug-likeness (QED) is 0.788. The van der Waals surface area contributed by atoms with Crippen LogP contribution in [0.25, 0.3) is 0 Å². The van der Waals surface area contributed by atoms with Gasteiger partial charge in [-0.3, -0.25) is 10.1 Å². The van der Waals surface area contributed by atoms with E-state index in [0.717, 1.165) is 11.3 Å². The number of hydrogen-bond acceptors (Lipinski definition) is 4. The molecule has 0 saturated carbocycles. The van der Waals surface area contributed by atoms with Crippen molar-refractivity contribution in [2.75, 3.05) is 13.7 Å². The van der Waals surface area contributed by atoms with E-state index >= 15 is 0 Å². The first-order valence-electron chi connectivity index (χ1n) is 6.15. The summed E-state index contributed by atoms with van der Waals surface area (Å²) in [6.07, 6.45) is 0. The molecule has 0 amide bonds. The van der Waals surface area contributed by atoms with Gasteiger partial charge in [0.2, 0.25) is 0 Å². The second kappa shape index (κ2) is 7.01. The van der Waals surface area contributed by atoms with Crippen molar-refractivity contribution in [1.29, 1.82) is 0 Å². The molecule has 0 radical (unpaired) electrons. The average molecular weight is 251 g/mol. The van der Waals surface area contributed by atoms with Gasteiger partial charge in [0.15, 0.2) is 0 Å². The van der Waals surface area contributed by atoms with Crippen molar-refractivity contribution in [3.05, 3.63) is 29.8 Å². The fourth-order valence-corrected chi connectivity index (χ4v) is 1.82. The number of carbonyl (C=O) groups is 1. The molecule has 2 atom stereocenters. The van der Waals surface area contributed by atoms with Crippen LogP contribution in [-0.4, -0.2) is 25.7 Å². The largest absolute Gasteiger partial charge is 0.496 e. The zero-order valence-electron chi connectivity index (χ0n) is 11.4. The van der Waals surface area contributed by atoms with Gasteiger partial charge < -0.3 is 9.47 Å². The summed E-state index contributed by atoms with van der Waals surface area (Å²) >= 11 is 0. The molecular weight excluding hydrogens is 230 g/mol. The lowest BCUT2D eigenvalue weighted by atomic mass is 10.1. The van der Waals surface area contributed by atoms with E-state index < -0.39 is 0 Å². The third-order valence-electron chi connectivity index (χ3n) is 2.75. The van der Waals surface area contributed by atoms with E-state index in [1.54, 1.807) is 21.0 Å². The van der Waals surface area contributed by atoms with E-state index in [1.165, 1.54) is 0 Å². The van der Waals surface area contributed by atoms with Crippen molar-refractivity contribution in [3.63, 3.8) is 0 Å². The number of carbonyl (C=O) groups excluding carboxylic acids is 1. The van der Waals surface area contributed by atoms with Crippen LogP contribution >= 0.6 is 0 Å². The Bertz CT molecular complexity index is 392. The summed E-state index contributed by atoms with van der Waals surface area (Å²) in [5.41, 5.74) is 1.02. The van der Waals surface area contributed by atoms with Gasteiger partial charge in [0.05, 0.1) is 13.7 Å². The standard InChI is InChI=1S/C14H21NO3/c1-5-18-14(16)11(3)15-10(2)12-8-6-7-9-13(12)17-4/h6-11,15H,5H2,1-4H3/t10-,11?/m0/s1. The SMILES string of the molecule is CCOC(=O)C(C)N[C@@H](C)c1ccccc1OC. The van der Waals surface area contributed by atoms with E-state index in [4.69, 9.17) is 9.47 Å². The number of para-hydroxylation sites is 1. The van der Waals surface area contributed by atoms with Crippen LogP contribution in [0.5, 0.6) is 5.75 Å². The van der Waals surface area contributed by atoms with Gasteiger partial charge in [0.25, 0.3) is 0 Å². The Labute approximate surface area is 108 Å². The first-order valence-corrected chi connectivity index (χ1v) is 6.15. The van der Waals surface area contributed by atoms with Gasteiger partial charge in [-0.1, -0.05) is 18.2 Å². The number of ether oxygens (including phenoxy) is 2. The molecule has 1 N–H and O–H groups in total. The zero-order valence-corrected chi connectivity index (χ0v) is 11.4. The molecule has 0 aliphatic rings. The molecule has 0 heterocycles. The lowest BCUT2D eigenvalue weighted by Gasteiger charge is -2.20. The molecule has 0 fully saturated rings. The third-order valence-corrected chi connectivity index (χ3v) is 2.75. The normalized spacial score (nSPS) is 13.8. The summed E-state index contributed by atoms with van der Waals surface area (Å²) in [6.45, 7) is 5.99. The minimum Gasteiger partial charge on any atom is -0.496 e. The second-order valence-corrected chi connectivity index (χ2v) is 4.10. The molecule has 1 aromatic rings. The predicted octanol–water partition coefficient (Wildman–Crippen LogP) is 2.30. The summed E-state index contributed by atoms with van der Waals surface area (Å²) in [5, 5.41) is 3.20. The van der Waals surface area contributed by atoms with Gasteiger partial charge in [0.1, 0.15) is 11.8 Å². The molecule has 100 valence electrons. The zero-order chi connectivity index (χ0) is 13.5. The molecule has 1 rings (SSSR count). The van der Waals surface area contributed by atoms with E-state index in [0.29, 0.717) is 6.61 Å². The highest BCUT2D eigenvalue weighted by Crippen LogP contribution is 2.24. The van der Waals surface area contributed by atoms with E-state index in [2.05, 4.69) is 5.32 Å². The van der Waals surface area contributed by atoms with Crippen LogP contribution < -0.4 is 10.1 Å². The molecule has 0 aliphatic heterocycles. The maximum atomic E-state index is 11.5. The summed E-state index contributed by atoms with van der Waals surface area (Å²) in [5.74, 6) is 0.577. The molecule has 18 heavy (non-hydrogen) atoms. The van der Waals surface area contributed by atoms with Crippen LogP contribution in [0, 0.1) is 0 Å². The van der Waals surface area contributed by atoms with Crippen molar-refractivity contribution in [1.82, 2.24) is 5.32 Å². The Morgan fingerprint density at radius 3 is 2.61 bits per heavy atom. The molecule has 4 nitrogen and oxygen atoms in total. The van der Waals surface area contributed by atoms with Crippen LogP contribution in [0.15, 0.2) is 24.3 Å². The topological polar surface area (TPSA) is 47.6 Å². The van der Waals surface area contributed by atoms with Crippen molar-refractivity contribution in [2.45, 2.75) is 32.9 Å². The van der Waals surface area contributed by atoms with Crippen LogP contribution in [-0.2, 0) is 9.53 Å². The van der Waals surface area contributed by atoms with Crippen LogP contribution in [0.4, 0.5) is 0 Å². The lowest BCUT2D eigenvalue weighted by Crippen LogP contribution is -2.37. The Morgan fingerprint density at radius 2 is 2.00 bits per heavy atom. The minimum atomic E-state index is -0.343. The van der Waals surface area contributed by atoms with E-state index in [1.807, 2.05) is 31.2 Å². The first-order chi connectivity index (χ1) is 8.60. The highest BCUT2D eigenvalue weighted by atomic mass is 16.5. The smallest absolute Gasteiger partial charge is 0.322 e. The molecule has 0 aromatic heterocycles. The minimum absolute atomic E-state index is 0.0144. The van der Waals surface area contributed by atoms with Crippen molar-refractivity contribution in [3.8, 4) is 5.75 Å². The highest BCUT2D eigenvalue weighted by Gasteiger charge is 2.18. The van der Waals surface area contributed by atoms with E-state index in [9.17, 15) is 4.79 Å². The van der Waals surface area contributed by atoms with Gasteiger partial charge >= 0.3 is 5.97 Å². The Balaban J connectivity index is 2.70. The van der Waals surface area contributed by atoms with Gasteiger partial charge in [0, 0.05) is 11.6 Å². The number of rotatable bonds is 6. The first kappa shape index (κ1) is 14.5. The molecule has 4 heteroatoms. The number of esters is 1. The van der Waals surface area contributed by atoms with Crippen LogP contribution in [0.3, 0.4) is 0 Å².